The standard InChI is InChI=1S/C20H20N2O/c1-15(11-12-16-7-3-2-4-8-16)21-20(23)19-14-13-17-9-5-6-10-18(17)22-19/h2-10,13-15H,11-12H2,1H3,(H,21,23). The van der Waals surface area contributed by atoms with Crippen molar-refractivity contribution in [2.75, 3.05) is 0 Å². The molecule has 1 heterocycles. The predicted molar refractivity (Wildman–Crippen MR) is 93.4 cm³/mol. The minimum Gasteiger partial charge on any atom is -0.348 e. The lowest BCUT2D eigenvalue weighted by atomic mass is 10.1. The Labute approximate surface area is 136 Å². The number of carbonyl (C=O) groups is 1. The second-order valence-electron chi connectivity index (χ2n) is 5.79. The molecule has 0 saturated carbocycles. The molecule has 1 unspecified atom stereocenters. The molecule has 2 aromatic carbocycles. The molecule has 3 rings (SSSR count). The molecule has 0 bridgehead atoms. The quantitative estimate of drug-likeness (QED) is 0.774. The summed E-state index contributed by atoms with van der Waals surface area (Å²) in [5, 5.41) is 4.07. The molecular weight excluding hydrogens is 284 g/mol. The number of amides is 1. The Kier molecular flexibility index (Phi) is 4.67. The molecule has 0 saturated heterocycles. The minimum atomic E-state index is -0.115. The molecule has 3 nitrogen and oxygen atoms in total. The van der Waals surface area contributed by atoms with E-state index in [1.165, 1.54) is 5.56 Å². The van der Waals surface area contributed by atoms with E-state index in [9.17, 15) is 4.79 Å². The fraction of sp³-hybridized carbons (Fsp3) is 0.200. The van der Waals surface area contributed by atoms with Crippen LogP contribution in [-0.4, -0.2) is 16.9 Å². The molecular formula is C20H20N2O. The molecule has 23 heavy (non-hydrogen) atoms. The van der Waals surface area contributed by atoms with Gasteiger partial charge in [0.15, 0.2) is 0 Å². The van der Waals surface area contributed by atoms with Crippen molar-refractivity contribution in [2.45, 2.75) is 25.8 Å². The number of pyridine rings is 1. The van der Waals surface area contributed by atoms with Crippen LogP contribution in [0.4, 0.5) is 0 Å². The predicted octanol–water partition coefficient (Wildman–Crippen LogP) is 3.99. The van der Waals surface area contributed by atoms with E-state index in [-0.39, 0.29) is 11.9 Å². The summed E-state index contributed by atoms with van der Waals surface area (Å²) >= 11 is 0. The van der Waals surface area contributed by atoms with Gasteiger partial charge in [-0.05, 0) is 37.5 Å². The van der Waals surface area contributed by atoms with Crippen LogP contribution in [0.5, 0.6) is 0 Å². The van der Waals surface area contributed by atoms with Crippen molar-refractivity contribution in [1.82, 2.24) is 10.3 Å². The Morgan fingerprint density at radius 1 is 1.00 bits per heavy atom. The third-order valence-corrected chi connectivity index (χ3v) is 3.92. The molecule has 3 aromatic rings. The largest absolute Gasteiger partial charge is 0.348 e. The summed E-state index contributed by atoms with van der Waals surface area (Å²) in [5.41, 5.74) is 2.60. The third kappa shape index (κ3) is 3.95. The van der Waals surface area contributed by atoms with E-state index in [4.69, 9.17) is 0 Å². The van der Waals surface area contributed by atoms with Crippen molar-refractivity contribution in [2.24, 2.45) is 0 Å². The van der Waals surface area contributed by atoms with Gasteiger partial charge >= 0.3 is 0 Å². The summed E-state index contributed by atoms with van der Waals surface area (Å²) in [6.07, 6.45) is 1.86. The number of hydrogen-bond donors (Lipinski definition) is 1. The van der Waals surface area contributed by atoms with Gasteiger partial charge in [-0.2, -0.15) is 0 Å². The Bertz CT molecular complexity index is 799. The maximum Gasteiger partial charge on any atom is 0.270 e. The van der Waals surface area contributed by atoms with E-state index >= 15 is 0 Å². The van der Waals surface area contributed by atoms with Crippen LogP contribution in [0.3, 0.4) is 0 Å². The van der Waals surface area contributed by atoms with Crippen LogP contribution in [0.2, 0.25) is 0 Å². The normalized spacial score (nSPS) is 12.0. The minimum absolute atomic E-state index is 0.107. The second-order valence-corrected chi connectivity index (χ2v) is 5.79. The van der Waals surface area contributed by atoms with Crippen molar-refractivity contribution in [3.05, 3.63) is 78.0 Å². The van der Waals surface area contributed by atoms with Gasteiger partial charge in [0.1, 0.15) is 5.69 Å². The lowest BCUT2D eigenvalue weighted by molar-refractivity contribution is 0.0934. The van der Waals surface area contributed by atoms with Crippen molar-refractivity contribution in [3.63, 3.8) is 0 Å². The molecule has 0 spiro atoms. The third-order valence-electron chi connectivity index (χ3n) is 3.92. The van der Waals surface area contributed by atoms with E-state index in [0.717, 1.165) is 23.7 Å². The molecule has 1 N–H and O–H groups in total. The zero-order chi connectivity index (χ0) is 16.1. The van der Waals surface area contributed by atoms with E-state index < -0.39 is 0 Å². The summed E-state index contributed by atoms with van der Waals surface area (Å²) in [7, 11) is 0. The number of aromatic nitrogens is 1. The van der Waals surface area contributed by atoms with Gasteiger partial charge in [-0.25, -0.2) is 4.98 Å². The van der Waals surface area contributed by atoms with E-state index in [2.05, 4.69) is 22.4 Å². The lowest BCUT2D eigenvalue weighted by Gasteiger charge is -2.13. The van der Waals surface area contributed by atoms with Gasteiger partial charge in [0, 0.05) is 11.4 Å². The molecule has 0 fully saturated rings. The number of nitrogens with zero attached hydrogens (tertiary/aromatic N) is 1. The summed E-state index contributed by atoms with van der Waals surface area (Å²) in [5.74, 6) is -0.115. The molecule has 116 valence electrons. The summed E-state index contributed by atoms with van der Waals surface area (Å²) < 4.78 is 0. The maximum absolute atomic E-state index is 12.3. The molecule has 0 aliphatic carbocycles. The number of para-hydroxylation sites is 1. The first-order valence-corrected chi connectivity index (χ1v) is 7.93. The highest BCUT2D eigenvalue weighted by Gasteiger charge is 2.11. The van der Waals surface area contributed by atoms with Crippen LogP contribution in [0.25, 0.3) is 10.9 Å². The Morgan fingerprint density at radius 3 is 2.57 bits per heavy atom. The van der Waals surface area contributed by atoms with Crippen LogP contribution in [0.1, 0.15) is 29.4 Å². The number of hydrogen-bond acceptors (Lipinski definition) is 2. The number of carbonyl (C=O) groups excluding carboxylic acids is 1. The number of aryl methyl sites for hydroxylation is 1. The highest BCUT2D eigenvalue weighted by Crippen LogP contribution is 2.12. The number of fused-ring (bicyclic) bond motifs is 1. The molecule has 0 aliphatic heterocycles. The molecule has 1 aromatic heterocycles. The van der Waals surface area contributed by atoms with Crippen LogP contribution in [0, 0.1) is 0 Å². The number of nitrogens with one attached hydrogen (secondary N) is 1. The van der Waals surface area contributed by atoms with Crippen molar-refractivity contribution >= 4 is 16.8 Å². The zero-order valence-electron chi connectivity index (χ0n) is 13.2. The molecule has 1 amide bonds. The smallest absolute Gasteiger partial charge is 0.270 e. The monoisotopic (exact) mass is 304 g/mol. The summed E-state index contributed by atoms with van der Waals surface area (Å²) in [4.78, 5) is 16.8. The molecule has 0 aliphatic rings. The molecule has 0 radical (unpaired) electrons. The van der Waals surface area contributed by atoms with Gasteiger partial charge in [-0.3, -0.25) is 4.79 Å². The van der Waals surface area contributed by atoms with Crippen molar-refractivity contribution in [3.8, 4) is 0 Å². The zero-order valence-corrected chi connectivity index (χ0v) is 13.2. The Balaban J connectivity index is 1.61. The second kappa shape index (κ2) is 7.05. The van der Waals surface area contributed by atoms with Crippen LogP contribution >= 0.6 is 0 Å². The van der Waals surface area contributed by atoms with Crippen molar-refractivity contribution < 1.29 is 4.79 Å². The summed E-state index contributed by atoms with van der Waals surface area (Å²) in [6, 6.07) is 21.9. The van der Waals surface area contributed by atoms with Crippen LogP contribution in [0.15, 0.2) is 66.7 Å². The molecule has 1 atom stereocenters. The highest BCUT2D eigenvalue weighted by atomic mass is 16.1. The Hall–Kier alpha value is -2.68. The lowest BCUT2D eigenvalue weighted by Crippen LogP contribution is -2.33. The first-order valence-electron chi connectivity index (χ1n) is 7.93. The highest BCUT2D eigenvalue weighted by molar-refractivity contribution is 5.95. The fourth-order valence-corrected chi connectivity index (χ4v) is 2.59. The fourth-order valence-electron chi connectivity index (χ4n) is 2.59. The average Bonchev–Trinajstić information content (AvgIpc) is 2.60. The Morgan fingerprint density at radius 2 is 1.74 bits per heavy atom. The van der Waals surface area contributed by atoms with Gasteiger partial charge in [-0.1, -0.05) is 54.6 Å². The van der Waals surface area contributed by atoms with Crippen molar-refractivity contribution in [1.29, 1.82) is 0 Å². The number of benzene rings is 2. The SMILES string of the molecule is CC(CCc1ccccc1)NC(=O)c1ccc2ccccc2n1. The maximum atomic E-state index is 12.3. The first kappa shape index (κ1) is 15.2. The van der Waals surface area contributed by atoms with E-state index in [1.54, 1.807) is 6.07 Å². The topological polar surface area (TPSA) is 42.0 Å². The van der Waals surface area contributed by atoms with Gasteiger partial charge < -0.3 is 5.32 Å². The first-order chi connectivity index (χ1) is 11.2. The van der Waals surface area contributed by atoms with Gasteiger partial charge in [-0.15, -0.1) is 0 Å². The van der Waals surface area contributed by atoms with Gasteiger partial charge in [0.05, 0.1) is 5.52 Å². The molecule has 3 heteroatoms. The van der Waals surface area contributed by atoms with Crippen LogP contribution < -0.4 is 5.32 Å². The van der Waals surface area contributed by atoms with Gasteiger partial charge in [0.25, 0.3) is 5.91 Å². The average molecular weight is 304 g/mol. The number of rotatable bonds is 5. The van der Waals surface area contributed by atoms with E-state index in [1.807, 2.05) is 55.5 Å². The summed E-state index contributed by atoms with van der Waals surface area (Å²) in [6.45, 7) is 2.03. The van der Waals surface area contributed by atoms with Gasteiger partial charge in [0.2, 0.25) is 0 Å². The van der Waals surface area contributed by atoms with E-state index in [0.29, 0.717) is 5.69 Å². The van der Waals surface area contributed by atoms with Crippen LogP contribution in [-0.2, 0) is 6.42 Å².